The molecule has 1 saturated carbocycles. The summed E-state index contributed by atoms with van der Waals surface area (Å²) in [7, 11) is -3.59. The molecule has 0 spiro atoms. The molecular formula is C34H41Cl2N3O4S. The zero-order valence-corrected chi connectivity index (χ0v) is 27.9. The van der Waals surface area contributed by atoms with Gasteiger partial charge in [0.05, 0.1) is 11.9 Å². The van der Waals surface area contributed by atoms with Crippen LogP contribution in [-0.2, 0) is 32.6 Å². The van der Waals surface area contributed by atoms with E-state index in [4.69, 9.17) is 23.2 Å². The van der Waals surface area contributed by atoms with E-state index in [1.165, 1.54) is 10.6 Å². The van der Waals surface area contributed by atoms with Crippen LogP contribution in [0.3, 0.4) is 0 Å². The van der Waals surface area contributed by atoms with E-state index in [2.05, 4.69) is 5.32 Å². The van der Waals surface area contributed by atoms with Crippen molar-refractivity contribution in [2.75, 3.05) is 17.1 Å². The Labute approximate surface area is 271 Å². The van der Waals surface area contributed by atoms with Crippen molar-refractivity contribution in [3.05, 3.63) is 99.0 Å². The van der Waals surface area contributed by atoms with Gasteiger partial charge < -0.3 is 10.2 Å². The number of benzene rings is 3. The van der Waals surface area contributed by atoms with Crippen molar-refractivity contribution in [1.82, 2.24) is 10.2 Å². The zero-order valence-electron chi connectivity index (χ0n) is 25.6. The maximum Gasteiger partial charge on any atom is 0.243 e. The number of sulfonamides is 1. The fraction of sp³-hybridized carbons (Fsp3) is 0.412. The Morgan fingerprint density at radius 2 is 1.66 bits per heavy atom. The first kappa shape index (κ1) is 33.8. The van der Waals surface area contributed by atoms with Crippen LogP contribution < -0.4 is 9.62 Å². The van der Waals surface area contributed by atoms with Crippen LogP contribution in [0.25, 0.3) is 0 Å². The molecule has 0 heterocycles. The van der Waals surface area contributed by atoms with Crippen molar-refractivity contribution in [2.24, 2.45) is 0 Å². The van der Waals surface area contributed by atoms with E-state index in [1.54, 1.807) is 29.2 Å². The molecule has 4 rings (SSSR count). The SMILES string of the molecule is Cc1ccc(N(CCCC(=O)N(Cc2ccc(Cl)cc2Cl)C(Cc2ccccc2)C(=O)NC2CCCC2)S(C)(=O)=O)cc1C. The molecule has 236 valence electrons. The number of amides is 2. The van der Waals surface area contributed by atoms with Crippen LogP contribution in [0, 0.1) is 13.8 Å². The normalized spacial score (nSPS) is 14.3. The molecule has 0 aliphatic heterocycles. The first-order chi connectivity index (χ1) is 20.9. The first-order valence-corrected chi connectivity index (χ1v) is 17.7. The lowest BCUT2D eigenvalue weighted by atomic mass is 10.0. The Balaban J connectivity index is 1.61. The average molecular weight is 659 g/mol. The Bertz CT molecular complexity index is 1560. The van der Waals surface area contributed by atoms with Gasteiger partial charge in [-0.2, -0.15) is 0 Å². The van der Waals surface area contributed by atoms with Crippen LogP contribution in [-0.4, -0.2) is 50.0 Å². The lowest BCUT2D eigenvalue weighted by Crippen LogP contribution is -2.52. The standard InChI is InChI=1S/C34H41Cl2N3O4S/c1-24-15-18-30(20-25(24)2)39(44(3,42)43)19-9-14-33(40)38(23-27-16-17-28(35)22-31(27)36)32(21-26-10-5-4-6-11-26)34(41)37-29-12-7-8-13-29/h4-6,10-11,15-18,20,22,29,32H,7-9,12-14,19,21,23H2,1-3H3,(H,37,41). The van der Waals surface area contributed by atoms with Crippen molar-refractivity contribution in [3.8, 4) is 0 Å². The maximum absolute atomic E-state index is 14.1. The molecule has 1 N–H and O–H groups in total. The molecule has 10 heteroatoms. The largest absolute Gasteiger partial charge is 0.352 e. The summed E-state index contributed by atoms with van der Waals surface area (Å²) in [5.41, 5.74) is 4.20. The molecule has 0 radical (unpaired) electrons. The Morgan fingerprint density at radius 3 is 2.30 bits per heavy atom. The monoisotopic (exact) mass is 657 g/mol. The Morgan fingerprint density at radius 1 is 0.955 bits per heavy atom. The molecule has 1 unspecified atom stereocenters. The van der Waals surface area contributed by atoms with Crippen LogP contribution in [0.5, 0.6) is 0 Å². The number of hydrogen-bond donors (Lipinski definition) is 1. The molecule has 1 fully saturated rings. The second-order valence-electron chi connectivity index (χ2n) is 11.7. The molecule has 1 atom stereocenters. The van der Waals surface area contributed by atoms with Crippen LogP contribution in [0.4, 0.5) is 5.69 Å². The molecule has 0 bridgehead atoms. The van der Waals surface area contributed by atoms with Crippen molar-refractivity contribution in [1.29, 1.82) is 0 Å². The van der Waals surface area contributed by atoms with Gasteiger partial charge in [-0.1, -0.05) is 78.5 Å². The van der Waals surface area contributed by atoms with Gasteiger partial charge in [0.15, 0.2) is 0 Å². The lowest BCUT2D eigenvalue weighted by molar-refractivity contribution is -0.141. The lowest BCUT2D eigenvalue weighted by Gasteiger charge is -2.33. The van der Waals surface area contributed by atoms with Gasteiger partial charge >= 0.3 is 0 Å². The molecule has 1 aliphatic rings. The third kappa shape index (κ3) is 9.22. The van der Waals surface area contributed by atoms with Gasteiger partial charge in [0, 0.05) is 42.0 Å². The highest BCUT2D eigenvalue weighted by Gasteiger charge is 2.32. The minimum atomic E-state index is -3.59. The first-order valence-electron chi connectivity index (χ1n) is 15.0. The van der Waals surface area contributed by atoms with Gasteiger partial charge in [0.1, 0.15) is 6.04 Å². The molecule has 3 aromatic rings. The quantitative estimate of drug-likeness (QED) is 0.218. The van der Waals surface area contributed by atoms with E-state index in [0.29, 0.717) is 27.7 Å². The smallest absolute Gasteiger partial charge is 0.243 e. The van der Waals surface area contributed by atoms with Gasteiger partial charge in [-0.05, 0) is 79.6 Å². The van der Waals surface area contributed by atoms with Crippen LogP contribution in [0.15, 0.2) is 66.7 Å². The van der Waals surface area contributed by atoms with Crippen molar-refractivity contribution in [3.63, 3.8) is 0 Å². The number of nitrogens with zero attached hydrogens (tertiary/aromatic N) is 2. The number of carbonyl (C=O) groups is 2. The minimum absolute atomic E-state index is 0.0457. The molecule has 0 aromatic heterocycles. The third-order valence-electron chi connectivity index (χ3n) is 8.26. The molecule has 0 saturated heterocycles. The third-order valence-corrected chi connectivity index (χ3v) is 10.0. The highest BCUT2D eigenvalue weighted by molar-refractivity contribution is 7.92. The van der Waals surface area contributed by atoms with Gasteiger partial charge in [-0.15, -0.1) is 0 Å². The Kier molecular flexibility index (Phi) is 11.7. The fourth-order valence-electron chi connectivity index (χ4n) is 5.64. The molecule has 7 nitrogen and oxygen atoms in total. The summed E-state index contributed by atoms with van der Waals surface area (Å²) in [5, 5.41) is 4.08. The summed E-state index contributed by atoms with van der Waals surface area (Å²) in [5.74, 6) is -0.459. The number of rotatable bonds is 13. The highest BCUT2D eigenvalue weighted by atomic mass is 35.5. The van der Waals surface area contributed by atoms with Crippen molar-refractivity contribution < 1.29 is 18.0 Å². The van der Waals surface area contributed by atoms with E-state index < -0.39 is 16.1 Å². The van der Waals surface area contributed by atoms with Gasteiger partial charge in [-0.25, -0.2) is 8.42 Å². The van der Waals surface area contributed by atoms with Crippen LogP contribution >= 0.6 is 23.2 Å². The van der Waals surface area contributed by atoms with Gasteiger partial charge in [0.25, 0.3) is 0 Å². The predicted molar refractivity (Wildman–Crippen MR) is 179 cm³/mol. The Hall–Kier alpha value is -3.07. The van der Waals surface area contributed by atoms with Crippen molar-refractivity contribution in [2.45, 2.75) is 77.4 Å². The predicted octanol–water partition coefficient (Wildman–Crippen LogP) is 6.86. The minimum Gasteiger partial charge on any atom is -0.352 e. The number of aryl methyl sites for hydroxylation is 2. The van der Waals surface area contributed by atoms with Crippen LogP contribution in [0.1, 0.15) is 60.8 Å². The summed E-state index contributed by atoms with van der Waals surface area (Å²) in [6.07, 6.45) is 5.77. The molecule has 3 aromatic carbocycles. The maximum atomic E-state index is 14.1. The highest BCUT2D eigenvalue weighted by Crippen LogP contribution is 2.26. The van der Waals surface area contributed by atoms with Crippen molar-refractivity contribution >= 4 is 50.7 Å². The summed E-state index contributed by atoms with van der Waals surface area (Å²) < 4.78 is 26.9. The number of anilines is 1. The van der Waals surface area contributed by atoms with E-state index in [-0.39, 0.29) is 43.8 Å². The summed E-state index contributed by atoms with van der Waals surface area (Å²) in [4.78, 5) is 29.6. The van der Waals surface area contributed by atoms with Gasteiger partial charge in [-0.3, -0.25) is 13.9 Å². The summed E-state index contributed by atoms with van der Waals surface area (Å²) >= 11 is 12.7. The molecule has 2 amide bonds. The number of hydrogen-bond acceptors (Lipinski definition) is 4. The summed E-state index contributed by atoms with van der Waals surface area (Å²) in [6, 6.07) is 19.5. The van der Waals surface area contributed by atoms with E-state index in [9.17, 15) is 18.0 Å². The van der Waals surface area contributed by atoms with Crippen LogP contribution in [0.2, 0.25) is 10.0 Å². The molecule has 44 heavy (non-hydrogen) atoms. The summed E-state index contributed by atoms with van der Waals surface area (Å²) in [6.45, 7) is 4.14. The fourth-order valence-corrected chi connectivity index (χ4v) is 7.07. The number of nitrogens with one attached hydrogen (secondary N) is 1. The van der Waals surface area contributed by atoms with E-state index >= 15 is 0 Å². The molecular weight excluding hydrogens is 617 g/mol. The second kappa shape index (κ2) is 15.3. The van der Waals surface area contributed by atoms with Gasteiger partial charge in [0.2, 0.25) is 21.8 Å². The van der Waals surface area contributed by atoms with E-state index in [1.807, 2.05) is 56.3 Å². The topological polar surface area (TPSA) is 86.8 Å². The van der Waals surface area contributed by atoms with E-state index in [0.717, 1.165) is 42.4 Å². The zero-order chi connectivity index (χ0) is 31.9. The number of halogens is 2. The second-order valence-corrected chi connectivity index (χ2v) is 14.4. The number of carbonyl (C=O) groups excluding carboxylic acids is 2. The molecule has 1 aliphatic carbocycles. The average Bonchev–Trinajstić information content (AvgIpc) is 3.48.